The highest BCUT2D eigenvalue weighted by Crippen LogP contribution is 2.34. The molecule has 4 heteroatoms. The highest BCUT2D eigenvalue weighted by molar-refractivity contribution is 5.29. The summed E-state index contributed by atoms with van der Waals surface area (Å²) in [5.41, 5.74) is 6.88. The third-order valence-corrected chi connectivity index (χ3v) is 3.14. The van der Waals surface area contributed by atoms with Gasteiger partial charge in [0.1, 0.15) is 6.10 Å². The lowest BCUT2D eigenvalue weighted by Gasteiger charge is -2.23. The molecule has 0 radical (unpaired) electrons. The van der Waals surface area contributed by atoms with Gasteiger partial charge in [0, 0.05) is 6.04 Å². The average Bonchev–Trinajstić information content (AvgIpc) is 3.13. The van der Waals surface area contributed by atoms with Crippen LogP contribution in [0, 0.1) is 18.7 Å². The van der Waals surface area contributed by atoms with Crippen molar-refractivity contribution in [2.24, 2.45) is 11.7 Å². The monoisotopic (exact) mass is 239 g/mol. The Morgan fingerprint density at radius 2 is 2.24 bits per heavy atom. The molecule has 2 rings (SSSR count). The number of halogens is 1. The molecule has 1 saturated carbocycles. The molecular weight excluding hydrogens is 221 g/mol. The average molecular weight is 239 g/mol. The van der Waals surface area contributed by atoms with E-state index in [0.29, 0.717) is 5.92 Å². The van der Waals surface area contributed by atoms with Gasteiger partial charge < -0.3 is 15.6 Å². The first-order valence-electron chi connectivity index (χ1n) is 5.91. The van der Waals surface area contributed by atoms with Crippen LogP contribution in [0.4, 0.5) is 4.39 Å². The normalized spacial score (nSPS) is 18.8. The molecule has 2 atom stereocenters. The number of ether oxygens (including phenoxy) is 1. The Bertz CT molecular complexity index is 393. The van der Waals surface area contributed by atoms with Gasteiger partial charge in [0.25, 0.3) is 0 Å². The molecule has 94 valence electrons. The summed E-state index contributed by atoms with van der Waals surface area (Å²) in [6.45, 7) is 1.67. The van der Waals surface area contributed by atoms with Crippen molar-refractivity contribution in [2.45, 2.75) is 31.9 Å². The largest absolute Gasteiger partial charge is 0.483 e. The second-order valence-corrected chi connectivity index (χ2v) is 4.69. The van der Waals surface area contributed by atoms with Crippen molar-refractivity contribution in [1.82, 2.24) is 0 Å². The Hall–Kier alpha value is -1.13. The Balaban J connectivity index is 2.08. The molecular formula is C13H18FNO2. The second-order valence-electron chi connectivity index (χ2n) is 4.69. The highest BCUT2D eigenvalue weighted by atomic mass is 19.1. The maximum absolute atomic E-state index is 13.5. The first kappa shape index (κ1) is 12.3. The molecule has 1 aromatic carbocycles. The molecule has 0 bridgehead atoms. The van der Waals surface area contributed by atoms with Crippen molar-refractivity contribution in [3.63, 3.8) is 0 Å². The molecule has 0 spiro atoms. The van der Waals surface area contributed by atoms with Gasteiger partial charge in [-0.25, -0.2) is 4.39 Å². The summed E-state index contributed by atoms with van der Waals surface area (Å²) in [6, 6.07) is 4.44. The zero-order chi connectivity index (χ0) is 12.4. The summed E-state index contributed by atoms with van der Waals surface area (Å²) in [5.74, 6) is 0.150. The molecule has 0 heterocycles. The van der Waals surface area contributed by atoms with Crippen LogP contribution in [0.1, 0.15) is 18.4 Å². The summed E-state index contributed by atoms with van der Waals surface area (Å²) in [6.07, 6.45) is 1.60. The topological polar surface area (TPSA) is 55.5 Å². The Labute approximate surface area is 100 Å². The van der Waals surface area contributed by atoms with E-state index in [-0.39, 0.29) is 18.4 Å². The van der Waals surface area contributed by atoms with E-state index in [9.17, 15) is 9.50 Å². The zero-order valence-electron chi connectivity index (χ0n) is 9.90. The molecule has 2 unspecified atom stereocenters. The predicted octanol–water partition coefficient (Wildman–Crippen LogP) is 1.61. The lowest BCUT2D eigenvalue weighted by molar-refractivity contribution is 0.0846. The van der Waals surface area contributed by atoms with Gasteiger partial charge in [-0.15, -0.1) is 0 Å². The molecule has 0 saturated heterocycles. The van der Waals surface area contributed by atoms with Crippen molar-refractivity contribution >= 4 is 0 Å². The number of aliphatic hydroxyl groups is 1. The van der Waals surface area contributed by atoms with Crippen LogP contribution in [-0.4, -0.2) is 23.9 Å². The van der Waals surface area contributed by atoms with E-state index < -0.39 is 11.9 Å². The molecule has 0 amide bonds. The minimum atomic E-state index is -0.529. The summed E-state index contributed by atoms with van der Waals surface area (Å²) in [4.78, 5) is 0. The number of benzene rings is 1. The van der Waals surface area contributed by atoms with Gasteiger partial charge in [-0.05, 0) is 43.4 Å². The van der Waals surface area contributed by atoms with Gasteiger partial charge in [-0.1, -0.05) is 6.07 Å². The van der Waals surface area contributed by atoms with Crippen LogP contribution in [-0.2, 0) is 0 Å². The third kappa shape index (κ3) is 2.96. The number of rotatable bonds is 5. The van der Waals surface area contributed by atoms with Gasteiger partial charge in [-0.3, -0.25) is 0 Å². The quantitative estimate of drug-likeness (QED) is 0.820. The molecule has 1 aromatic rings. The number of hydrogen-bond acceptors (Lipinski definition) is 3. The lowest BCUT2D eigenvalue weighted by atomic mass is 10.1. The van der Waals surface area contributed by atoms with Crippen molar-refractivity contribution in [3.8, 4) is 5.75 Å². The molecule has 0 aromatic heterocycles. The number of aryl methyl sites for hydroxylation is 1. The molecule has 1 fully saturated rings. The molecule has 3 N–H and O–H groups in total. The first-order valence-corrected chi connectivity index (χ1v) is 5.91. The second kappa shape index (κ2) is 5.02. The summed E-state index contributed by atoms with van der Waals surface area (Å²) >= 11 is 0. The maximum Gasteiger partial charge on any atom is 0.165 e. The highest BCUT2D eigenvalue weighted by Gasteiger charge is 2.35. The van der Waals surface area contributed by atoms with Crippen LogP contribution in [0.25, 0.3) is 0 Å². The molecule has 1 aliphatic carbocycles. The fourth-order valence-electron chi connectivity index (χ4n) is 1.89. The SMILES string of the molecule is Cc1ccc(F)c(OC(CO)C(N)C2CC2)c1. The van der Waals surface area contributed by atoms with E-state index in [1.165, 1.54) is 6.07 Å². The molecule has 3 nitrogen and oxygen atoms in total. The molecule has 17 heavy (non-hydrogen) atoms. The molecule has 1 aliphatic rings. The fourth-order valence-corrected chi connectivity index (χ4v) is 1.89. The zero-order valence-corrected chi connectivity index (χ0v) is 9.90. The van der Waals surface area contributed by atoms with Crippen molar-refractivity contribution in [1.29, 1.82) is 0 Å². The number of aliphatic hydroxyl groups excluding tert-OH is 1. The summed E-state index contributed by atoms with van der Waals surface area (Å²) < 4.78 is 19.0. The minimum Gasteiger partial charge on any atom is -0.483 e. The van der Waals surface area contributed by atoms with Gasteiger partial charge in [-0.2, -0.15) is 0 Å². The lowest BCUT2D eigenvalue weighted by Crippen LogP contribution is -2.43. The first-order chi connectivity index (χ1) is 8.11. The predicted molar refractivity (Wildman–Crippen MR) is 63.3 cm³/mol. The van der Waals surface area contributed by atoms with Gasteiger partial charge >= 0.3 is 0 Å². The maximum atomic E-state index is 13.5. The van der Waals surface area contributed by atoms with Gasteiger partial charge in [0.05, 0.1) is 6.61 Å². The van der Waals surface area contributed by atoms with Crippen LogP contribution in [0.2, 0.25) is 0 Å². The van der Waals surface area contributed by atoms with Gasteiger partial charge in [0.2, 0.25) is 0 Å². The van der Waals surface area contributed by atoms with Crippen LogP contribution in [0.3, 0.4) is 0 Å². The van der Waals surface area contributed by atoms with E-state index in [2.05, 4.69) is 0 Å². The third-order valence-electron chi connectivity index (χ3n) is 3.14. The van der Waals surface area contributed by atoms with E-state index in [1.54, 1.807) is 12.1 Å². The Kier molecular flexibility index (Phi) is 3.64. The summed E-state index contributed by atoms with van der Waals surface area (Å²) in [7, 11) is 0. The number of hydrogen-bond donors (Lipinski definition) is 2. The Morgan fingerprint density at radius 1 is 1.53 bits per heavy atom. The van der Waals surface area contributed by atoms with Crippen LogP contribution < -0.4 is 10.5 Å². The van der Waals surface area contributed by atoms with E-state index in [1.807, 2.05) is 6.92 Å². The Morgan fingerprint density at radius 3 is 2.82 bits per heavy atom. The van der Waals surface area contributed by atoms with E-state index in [0.717, 1.165) is 18.4 Å². The van der Waals surface area contributed by atoms with Crippen molar-refractivity contribution in [2.75, 3.05) is 6.61 Å². The molecule has 0 aliphatic heterocycles. The van der Waals surface area contributed by atoms with E-state index >= 15 is 0 Å². The van der Waals surface area contributed by atoms with Crippen LogP contribution >= 0.6 is 0 Å². The van der Waals surface area contributed by atoms with Crippen molar-refractivity contribution in [3.05, 3.63) is 29.6 Å². The van der Waals surface area contributed by atoms with Gasteiger partial charge in [0.15, 0.2) is 11.6 Å². The fraction of sp³-hybridized carbons (Fsp3) is 0.538. The minimum absolute atomic E-state index is 0.167. The smallest absolute Gasteiger partial charge is 0.165 e. The van der Waals surface area contributed by atoms with Crippen LogP contribution in [0.15, 0.2) is 18.2 Å². The van der Waals surface area contributed by atoms with Crippen molar-refractivity contribution < 1.29 is 14.2 Å². The van der Waals surface area contributed by atoms with Crippen LogP contribution in [0.5, 0.6) is 5.75 Å². The van der Waals surface area contributed by atoms with E-state index in [4.69, 9.17) is 10.5 Å². The summed E-state index contributed by atoms with van der Waals surface area (Å²) in [5, 5.41) is 9.27. The standard InChI is InChI=1S/C13H18FNO2/c1-8-2-5-10(14)11(6-8)17-12(7-16)13(15)9-3-4-9/h2,5-6,9,12-13,16H,3-4,7,15H2,1H3. The number of nitrogens with two attached hydrogens (primary N) is 1.